The molecule has 2 heterocycles. The van der Waals surface area contributed by atoms with Crippen molar-refractivity contribution in [1.29, 1.82) is 0 Å². The van der Waals surface area contributed by atoms with Gasteiger partial charge in [-0.15, -0.1) is 0 Å². The van der Waals surface area contributed by atoms with Crippen LogP contribution in [0.1, 0.15) is 5.56 Å². The Bertz CT molecular complexity index is 1120. The van der Waals surface area contributed by atoms with E-state index in [1.54, 1.807) is 30.6 Å². The molecule has 164 valence electrons. The van der Waals surface area contributed by atoms with Crippen molar-refractivity contribution in [3.63, 3.8) is 0 Å². The maximum Gasteiger partial charge on any atom is 0.241 e. The second-order valence-corrected chi connectivity index (χ2v) is 10.2. The average molecular weight is 459 g/mol. The number of pyridine rings is 1. The van der Waals surface area contributed by atoms with Crippen molar-refractivity contribution in [2.45, 2.75) is 17.4 Å². The van der Waals surface area contributed by atoms with Crippen molar-refractivity contribution >= 4 is 32.4 Å². The second-order valence-electron chi connectivity index (χ2n) is 8.11. The minimum absolute atomic E-state index is 0.258. The Morgan fingerprint density at radius 3 is 2.55 bits per heavy atom. The van der Waals surface area contributed by atoms with Gasteiger partial charge in [0.25, 0.3) is 0 Å². The summed E-state index contributed by atoms with van der Waals surface area (Å²) in [5, 5.41) is 2.15. The summed E-state index contributed by atoms with van der Waals surface area (Å²) in [6, 6.07) is 14.4. The van der Waals surface area contributed by atoms with Crippen LogP contribution in [-0.2, 0) is 16.4 Å². The van der Waals surface area contributed by atoms with Gasteiger partial charge in [0, 0.05) is 67.0 Å². The summed E-state index contributed by atoms with van der Waals surface area (Å²) in [6.07, 6.45) is 3.90. The molecule has 1 N–H and O–H groups in total. The van der Waals surface area contributed by atoms with E-state index in [2.05, 4.69) is 26.6 Å². The van der Waals surface area contributed by atoms with E-state index in [0.29, 0.717) is 23.4 Å². The van der Waals surface area contributed by atoms with Gasteiger partial charge in [0.1, 0.15) is 0 Å². The molecule has 4 rings (SSSR count). The number of likely N-dealkylation sites (N-methyl/N-ethyl adjacent to an activating group) is 1. The molecule has 3 aromatic rings. The van der Waals surface area contributed by atoms with Crippen molar-refractivity contribution in [3.8, 4) is 0 Å². The third-order valence-corrected chi connectivity index (χ3v) is 7.55. The number of nitrogens with one attached hydrogen (secondary N) is 1. The van der Waals surface area contributed by atoms with Crippen LogP contribution in [0.5, 0.6) is 0 Å². The van der Waals surface area contributed by atoms with E-state index in [1.165, 1.54) is 0 Å². The van der Waals surface area contributed by atoms with Crippen LogP contribution in [0.15, 0.2) is 65.8 Å². The molecule has 1 saturated heterocycles. The van der Waals surface area contributed by atoms with Gasteiger partial charge in [0.05, 0.1) is 4.90 Å². The molecule has 0 radical (unpaired) electrons. The van der Waals surface area contributed by atoms with Crippen molar-refractivity contribution in [2.24, 2.45) is 0 Å². The molecule has 0 saturated carbocycles. The van der Waals surface area contributed by atoms with Crippen molar-refractivity contribution in [3.05, 3.63) is 71.5 Å². The molecule has 8 heteroatoms. The van der Waals surface area contributed by atoms with Crippen LogP contribution in [0.3, 0.4) is 0 Å². The Hall–Kier alpha value is -2.03. The largest absolute Gasteiger partial charge is 0.304 e. The first-order chi connectivity index (χ1) is 14.9. The lowest BCUT2D eigenvalue weighted by Crippen LogP contribution is -2.51. The lowest BCUT2D eigenvalue weighted by molar-refractivity contribution is 0.145. The quantitative estimate of drug-likeness (QED) is 0.589. The summed E-state index contributed by atoms with van der Waals surface area (Å²) in [4.78, 5) is 9.01. The first kappa shape index (κ1) is 22.2. The molecule has 1 aliphatic rings. The molecule has 1 atom stereocenters. The van der Waals surface area contributed by atoms with Gasteiger partial charge in [0.2, 0.25) is 10.0 Å². The Morgan fingerprint density at radius 1 is 1.06 bits per heavy atom. The number of piperazine rings is 1. The predicted molar refractivity (Wildman–Crippen MR) is 125 cm³/mol. The molecule has 31 heavy (non-hydrogen) atoms. The zero-order valence-electron chi connectivity index (χ0n) is 17.5. The number of benzene rings is 2. The van der Waals surface area contributed by atoms with Gasteiger partial charge in [-0.3, -0.25) is 9.88 Å². The van der Waals surface area contributed by atoms with Gasteiger partial charge in [-0.05, 0) is 43.3 Å². The molecule has 0 unspecified atom stereocenters. The summed E-state index contributed by atoms with van der Waals surface area (Å²) in [6.45, 7) is 4.47. The third-order valence-electron chi connectivity index (χ3n) is 5.72. The maximum atomic E-state index is 13.4. The van der Waals surface area contributed by atoms with Crippen molar-refractivity contribution in [2.75, 3.05) is 39.8 Å². The van der Waals surface area contributed by atoms with Crippen LogP contribution < -0.4 is 4.72 Å². The van der Waals surface area contributed by atoms with Gasteiger partial charge in [-0.25, -0.2) is 13.1 Å². The fourth-order valence-electron chi connectivity index (χ4n) is 4.00. The van der Waals surface area contributed by atoms with Crippen LogP contribution in [0, 0.1) is 0 Å². The Kier molecular flexibility index (Phi) is 6.89. The zero-order chi connectivity index (χ0) is 21.8. The molecule has 1 aromatic heterocycles. The third kappa shape index (κ3) is 5.61. The first-order valence-corrected chi connectivity index (χ1v) is 12.3. The minimum atomic E-state index is -3.72. The van der Waals surface area contributed by atoms with Crippen LogP contribution in [-0.4, -0.2) is 69.0 Å². The molecular formula is C23H27ClN4O2S. The number of fused-ring (bicyclic) bond motifs is 1. The standard InChI is InChI=1S/C23H27ClN4O2S/c1-27-11-13-28(14-12-27)17-21(15-18-5-7-20(24)8-6-18)26-31(29,30)23-4-2-3-19-16-25-10-9-22(19)23/h2-10,16,21,26H,11-15,17H2,1H3/t21-/m1/s1. The first-order valence-electron chi connectivity index (χ1n) is 10.4. The Labute approximate surface area is 188 Å². The highest BCUT2D eigenvalue weighted by Gasteiger charge is 2.25. The molecule has 6 nitrogen and oxygen atoms in total. The predicted octanol–water partition coefficient (Wildman–Crippen LogP) is 3.03. The Balaban J connectivity index is 1.59. The number of rotatable bonds is 7. The highest BCUT2D eigenvalue weighted by atomic mass is 35.5. The molecule has 0 aliphatic carbocycles. The van der Waals surface area contributed by atoms with Gasteiger partial charge >= 0.3 is 0 Å². The average Bonchev–Trinajstić information content (AvgIpc) is 2.76. The normalized spacial score (nSPS) is 17.1. The lowest BCUT2D eigenvalue weighted by Gasteiger charge is -2.35. The van der Waals surface area contributed by atoms with Crippen molar-refractivity contribution < 1.29 is 8.42 Å². The highest BCUT2D eigenvalue weighted by Crippen LogP contribution is 2.23. The summed E-state index contributed by atoms with van der Waals surface area (Å²) >= 11 is 6.03. The monoisotopic (exact) mass is 458 g/mol. The van der Waals surface area contributed by atoms with Crippen LogP contribution in [0.25, 0.3) is 10.8 Å². The van der Waals surface area contributed by atoms with E-state index in [4.69, 9.17) is 11.6 Å². The van der Waals surface area contributed by atoms with E-state index in [1.807, 2.05) is 30.3 Å². The molecule has 1 aliphatic heterocycles. The topological polar surface area (TPSA) is 65.5 Å². The van der Waals surface area contributed by atoms with Crippen LogP contribution in [0.4, 0.5) is 0 Å². The maximum absolute atomic E-state index is 13.4. The number of sulfonamides is 1. The zero-order valence-corrected chi connectivity index (χ0v) is 19.1. The molecule has 2 aromatic carbocycles. The highest BCUT2D eigenvalue weighted by molar-refractivity contribution is 7.89. The number of hydrogen-bond acceptors (Lipinski definition) is 5. The minimum Gasteiger partial charge on any atom is -0.304 e. The molecule has 0 spiro atoms. The summed E-state index contributed by atoms with van der Waals surface area (Å²) < 4.78 is 29.8. The van der Waals surface area contributed by atoms with E-state index in [9.17, 15) is 8.42 Å². The summed E-state index contributed by atoms with van der Waals surface area (Å²) in [5.74, 6) is 0. The number of hydrogen-bond donors (Lipinski definition) is 1. The van der Waals surface area contributed by atoms with Crippen LogP contribution in [0.2, 0.25) is 5.02 Å². The number of nitrogens with zero attached hydrogens (tertiary/aromatic N) is 3. The Morgan fingerprint density at radius 2 is 1.81 bits per heavy atom. The summed E-state index contributed by atoms with van der Waals surface area (Å²) in [7, 11) is -1.61. The fourth-order valence-corrected chi connectivity index (χ4v) is 5.58. The second kappa shape index (κ2) is 9.63. The van der Waals surface area contributed by atoms with Gasteiger partial charge < -0.3 is 4.90 Å². The molecule has 0 amide bonds. The lowest BCUT2D eigenvalue weighted by atomic mass is 10.1. The summed E-state index contributed by atoms with van der Waals surface area (Å²) in [5.41, 5.74) is 1.05. The van der Waals surface area contributed by atoms with Gasteiger partial charge in [-0.2, -0.15) is 0 Å². The number of halogens is 1. The van der Waals surface area contributed by atoms with Gasteiger partial charge in [0.15, 0.2) is 0 Å². The van der Waals surface area contributed by atoms with Crippen LogP contribution >= 0.6 is 11.6 Å². The number of aromatic nitrogens is 1. The van der Waals surface area contributed by atoms with E-state index in [0.717, 1.165) is 37.1 Å². The molecule has 1 fully saturated rings. The van der Waals surface area contributed by atoms with E-state index >= 15 is 0 Å². The van der Waals surface area contributed by atoms with Crippen molar-refractivity contribution in [1.82, 2.24) is 19.5 Å². The molecular weight excluding hydrogens is 432 g/mol. The smallest absolute Gasteiger partial charge is 0.241 e. The fraction of sp³-hybridized carbons (Fsp3) is 0.348. The SMILES string of the molecule is CN1CCN(C[C@@H](Cc2ccc(Cl)cc2)NS(=O)(=O)c2cccc3cnccc23)CC1. The van der Waals surface area contributed by atoms with E-state index < -0.39 is 10.0 Å². The van der Waals surface area contributed by atoms with E-state index in [-0.39, 0.29) is 10.9 Å². The molecule has 0 bridgehead atoms. The van der Waals surface area contributed by atoms with Gasteiger partial charge in [-0.1, -0.05) is 35.9 Å².